The largest absolute Gasteiger partial charge is 0.328 e. The number of nitrogens with zero attached hydrogens (tertiary/aromatic N) is 1. The summed E-state index contributed by atoms with van der Waals surface area (Å²) in [6.07, 6.45) is 2.67. The number of nitrogens with two attached hydrogens (primary N) is 1. The van der Waals surface area contributed by atoms with Gasteiger partial charge in [-0.1, -0.05) is 12.1 Å². The van der Waals surface area contributed by atoms with Gasteiger partial charge in [0.1, 0.15) is 0 Å². The zero-order chi connectivity index (χ0) is 13.8. The summed E-state index contributed by atoms with van der Waals surface area (Å²) in [5.74, 6) is 0.183. The van der Waals surface area contributed by atoms with Crippen LogP contribution in [0.25, 0.3) is 0 Å². The normalized spacial score (nSPS) is 22.7. The fraction of sp³-hybridized carbons (Fsp3) is 0.533. The van der Waals surface area contributed by atoms with E-state index in [-0.39, 0.29) is 17.9 Å². The van der Waals surface area contributed by atoms with Crippen molar-refractivity contribution in [1.82, 2.24) is 4.90 Å². The number of rotatable bonds is 4. The monoisotopic (exact) mass is 261 g/mol. The third-order valence-corrected chi connectivity index (χ3v) is 3.54. The van der Waals surface area contributed by atoms with Gasteiger partial charge >= 0.3 is 0 Å². The molecule has 19 heavy (non-hydrogen) atoms. The molecule has 3 N–H and O–H groups in total. The van der Waals surface area contributed by atoms with E-state index in [0.717, 1.165) is 31.5 Å². The summed E-state index contributed by atoms with van der Waals surface area (Å²) in [7, 11) is 4.07. The summed E-state index contributed by atoms with van der Waals surface area (Å²) in [4.78, 5) is 14.2. The fourth-order valence-electron chi connectivity index (χ4n) is 2.61. The van der Waals surface area contributed by atoms with Gasteiger partial charge in [-0.2, -0.15) is 0 Å². The molecule has 2 rings (SSSR count). The first kappa shape index (κ1) is 14.0. The Kier molecular flexibility index (Phi) is 4.56. The van der Waals surface area contributed by atoms with Gasteiger partial charge in [0.2, 0.25) is 5.91 Å². The van der Waals surface area contributed by atoms with Crippen molar-refractivity contribution in [2.45, 2.75) is 31.8 Å². The zero-order valence-electron chi connectivity index (χ0n) is 11.7. The summed E-state index contributed by atoms with van der Waals surface area (Å²) in [5, 5.41) is 3.01. The summed E-state index contributed by atoms with van der Waals surface area (Å²) < 4.78 is 0. The molecule has 1 aromatic rings. The van der Waals surface area contributed by atoms with Crippen molar-refractivity contribution in [3.63, 3.8) is 0 Å². The van der Waals surface area contributed by atoms with E-state index in [1.807, 2.05) is 32.3 Å². The van der Waals surface area contributed by atoms with E-state index >= 15 is 0 Å². The number of carbonyl (C=O) groups excluding carboxylic acids is 1. The second-order valence-corrected chi connectivity index (χ2v) is 5.70. The standard InChI is InChI=1S/C15H23N3O/c1-18(2)10-11-4-3-5-14(8-11)17-15(19)12-6-7-13(16)9-12/h3-5,8,12-13H,6-7,9-10,16H2,1-2H3,(H,17,19)/t12-,13-/m1/s1. The molecule has 2 atom stereocenters. The molecular weight excluding hydrogens is 238 g/mol. The summed E-state index contributed by atoms with van der Waals surface area (Å²) in [5.41, 5.74) is 7.93. The third kappa shape index (κ3) is 4.04. The van der Waals surface area contributed by atoms with Crippen molar-refractivity contribution in [1.29, 1.82) is 0 Å². The van der Waals surface area contributed by atoms with Crippen LogP contribution in [-0.4, -0.2) is 30.9 Å². The Balaban J connectivity index is 1.96. The van der Waals surface area contributed by atoms with Gasteiger partial charge in [0.25, 0.3) is 0 Å². The van der Waals surface area contributed by atoms with E-state index in [4.69, 9.17) is 5.73 Å². The molecule has 104 valence electrons. The summed E-state index contributed by atoms with van der Waals surface area (Å²) >= 11 is 0. The molecule has 1 saturated carbocycles. The summed E-state index contributed by atoms with van der Waals surface area (Å²) in [6, 6.07) is 8.21. The van der Waals surface area contributed by atoms with Gasteiger partial charge in [0.05, 0.1) is 0 Å². The van der Waals surface area contributed by atoms with E-state index in [2.05, 4.69) is 16.3 Å². The minimum absolute atomic E-state index is 0.0764. The molecule has 0 bridgehead atoms. The highest BCUT2D eigenvalue weighted by Crippen LogP contribution is 2.25. The van der Waals surface area contributed by atoms with Crippen molar-refractivity contribution in [2.75, 3.05) is 19.4 Å². The Hall–Kier alpha value is -1.39. The average Bonchev–Trinajstić information content (AvgIpc) is 2.75. The Morgan fingerprint density at radius 3 is 2.84 bits per heavy atom. The minimum Gasteiger partial charge on any atom is -0.328 e. The van der Waals surface area contributed by atoms with Crippen molar-refractivity contribution in [3.05, 3.63) is 29.8 Å². The Labute approximate surface area is 115 Å². The number of hydrogen-bond acceptors (Lipinski definition) is 3. The molecule has 1 aliphatic carbocycles. The lowest BCUT2D eigenvalue weighted by atomic mass is 10.1. The van der Waals surface area contributed by atoms with Gasteiger partial charge in [0, 0.05) is 24.2 Å². The van der Waals surface area contributed by atoms with E-state index in [1.165, 1.54) is 5.56 Å². The molecule has 0 saturated heterocycles. The van der Waals surface area contributed by atoms with Crippen LogP contribution in [0.3, 0.4) is 0 Å². The van der Waals surface area contributed by atoms with Crippen LogP contribution in [0.2, 0.25) is 0 Å². The molecule has 0 radical (unpaired) electrons. The van der Waals surface area contributed by atoms with Gasteiger partial charge < -0.3 is 16.0 Å². The van der Waals surface area contributed by atoms with Crippen LogP contribution in [0.5, 0.6) is 0 Å². The predicted octanol–water partition coefficient (Wildman–Crippen LogP) is 1.81. The van der Waals surface area contributed by atoms with Crippen LogP contribution in [-0.2, 0) is 11.3 Å². The molecule has 1 aliphatic rings. The SMILES string of the molecule is CN(C)Cc1cccc(NC(=O)[C@@H]2CC[C@@H](N)C2)c1. The van der Waals surface area contributed by atoms with Crippen molar-refractivity contribution in [2.24, 2.45) is 11.7 Å². The van der Waals surface area contributed by atoms with Gasteiger partial charge in [-0.15, -0.1) is 0 Å². The molecule has 0 aliphatic heterocycles. The molecule has 0 aromatic heterocycles. The van der Waals surface area contributed by atoms with Crippen LogP contribution in [0.1, 0.15) is 24.8 Å². The maximum absolute atomic E-state index is 12.1. The molecule has 0 unspecified atom stereocenters. The number of hydrogen-bond donors (Lipinski definition) is 2. The smallest absolute Gasteiger partial charge is 0.227 e. The maximum Gasteiger partial charge on any atom is 0.227 e. The Morgan fingerprint density at radius 2 is 2.21 bits per heavy atom. The quantitative estimate of drug-likeness (QED) is 0.869. The first-order chi connectivity index (χ1) is 9.04. The number of anilines is 1. The molecule has 1 amide bonds. The fourth-order valence-corrected chi connectivity index (χ4v) is 2.61. The highest BCUT2D eigenvalue weighted by Gasteiger charge is 2.27. The van der Waals surface area contributed by atoms with Gasteiger partial charge in [0.15, 0.2) is 0 Å². The van der Waals surface area contributed by atoms with E-state index in [0.29, 0.717) is 0 Å². The molecule has 4 nitrogen and oxygen atoms in total. The third-order valence-electron chi connectivity index (χ3n) is 3.54. The molecule has 1 aromatic carbocycles. The highest BCUT2D eigenvalue weighted by atomic mass is 16.1. The number of benzene rings is 1. The molecule has 0 spiro atoms. The lowest BCUT2D eigenvalue weighted by Crippen LogP contribution is -2.23. The van der Waals surface area contributed by atoms with Crippen LogP contribution < -0.4 is 11.1 Å². The Morgan fingerprint density at radius 1 is 1.42 bits per heavy atom. The first-order valence-corrected chi connectivity index (χ1v) is 6.84. The first-order valence-electron chi connectivity index (χ1n) is 6.84. The van der Waals surface area contributed by atoms with Crippen LogP contribution in [0, 0.1) is 5.92 Å². The topological polar surface area (TPSA) is 58.4 Å². The van der Waals surface area contributed by atoms with Crippen LogP contribution in [0.4, 0.5) is 5.69 Å². The Bertz CT molecular complexity index is 445. The van der Waals surface area contributed by atoms with E-state index < -0.39 is 0 Å². The van der Waals surface area contributed by atoms with E-state index in [9.17, 15) is 4.79 Å². The number of carbonyl (C=O) groups is 1. The van der Waals surface area contributed by atoms with Gasteiger partial charge in [-0.3, -0.25) is 4.79 Å². The number of nitrogens with one attached hydrogen (secondary N) is 1. The second-order valence-electron chi connectivity index (χ2n) is 5.70. The number of amides is 1. The maximum atomic E-state index is 12.1. The minimum atomic E-state index is 0.0764. The van der Waals surface area contributed by atoms with E-state index in [1.54, 1.807) is 0 Å². The highest BCUT2D eigenvalue weighted by molar-refractivity contribution is 5.92. The lowest BCUT2D eigenvalue weighted by molar-refractivity contribution is -0.119. The molecular formula is C15H23N3O. The van der Waals surface area contributed by atoms with Crippen molar-refractivity contribution < 1.29 is 4.79 Å². The van der Waals surface area contributed by atoms with Crippen molar-refractivity contribution in [3.8, 4) is 0 Å². The van der Waals surface area contributed by atoms with Gasteiger partial charge in [-0.25, -0.2) is 0 Å². The predicted molar refractivity (Wildman–Crippen MR) is 77.8 cm³/mol. The van der Waals surface area contributed by atoms with Crippen LogP contribution in [0.15, 0.2) is 24.3 Å². The lowest BCUT2D eigenvalue weighted by Gasteiger charge is -2.13. The van der Waals surface area contributed by atoms with Crippen LogP contribution >= 0.6 is 0 Å². The van der Waals surface area contributed by atoms with Gasteiger partial charge in [-0.05, 0) is 51.1 Å². The average molecular weight is 261 g/mol. The summed E-state index contributed by atoms with van der Waals surface area (Å²) in [6.45, 7) is 0.873. The molecule has 4 heteroatoms. The zero-order valence-corrected chi connectivity index (χ0v) is 11.7. The van der Waals surface area contributed by atoms with Crippen molar-refractivity contribution >= 4 is 11.6 Å². The second kappa shape index (κ2) is 6.17. The molecule has 1 fully saturated rings. The molecule has 0 heterocycles.